The van der Waals surface area contributed by atoms with E-state index in [1.165, 1.54) is 0 Å². The summed E-state index contributed by atoms with van der Waals surface area (Å²) >= 11 is 0. The molecule has 2 N–H and O–H groups in total. The third kappa shape index (κ3) is 3.60. The van der Waals surface area contributed by atoms with Gasteiger partial charge in [-0.3, -0.25) is 4.79 Å². The molecule has 0 aliphatic rings. The van der Waals surface area contributed by atoms with E-state index < -0.39 is 8.07 Å². The Balaban J connectivity index is 3.06. The molecule has 0 spiro atoms. The van der Waals surface area contributed by atoms with E-state index in [0.717, 1.165) is 11.8 Å². The fraction of sp³-hybridized carbons (Fsp3) is 0.250. The van der Waals surface area contributed by atoms with Crippen LogP contribution in [0.2, 0.25) is 19.6 Å². The average Bonchev–Trinajstić information content (AvgIpc) is 2.15. The van der Waals surface area contributed by atoms with Gasteiger partial charge in [-0.05, 0) is 18.2 Å². The molecule has 0 atom stereocenters. The van der Waals surface area contributed by atoms with E-state index in [0.29, 0.717) is 11.3 Å². The van der Waals surface area contributed by atoms with Crippen molar-refractivity contribution in [3.8, 4) is 11.5 Å². The van der Waals surface area contributed by atoms with E-state index in [1.807, 2.05) is 6.07 Å². The Kier molecular flexibility index (Phi) is 3.33. The first-order valence-electron chi connectivity index (χ1n) is 4.80. The molecule has 0 fully saturated rings. The monoisotopic (exact) mass is 217 g/mol. The van der Waals surface area contributed by atoms with E-state index in [-0.39, 0.29) is 0 Å². The molecule has 1 aromatic carbocycles. The molecule has 78 valence electrons. The number of nitrogens with two attached hydrogens (primary N) is 1. The zero-order valence-corrected chi connectivity index (χ0v) is 10.3. The average molecular weight is 217 g/mol. The highest BCUT2D eigenvalue weighted by Gasteiger charge is 2.07. The number of aldehydes is 1. The summed E-state index contributed by atoms with van der Waals surface area (Å²) in [5.74, 6) is 3.08. The topological polar surface area (TPSA) is 43.1 Å². The number of hydrogen-bond donors (Lipinski definition) is 1. The summed E-state index contributed by atoms with van der Waals surface area (Å²) in [6.45, 7) is 6.54. The second-order valence-electron chi connectivity index (χ2n) is 4.46. The molecule has 0 radical (unpaired) electrons. The number of anilines is 1. The maximum atomic E-state index is 10.7. The molecule has 15 heavy (non-hydrogen) atoms. The summed E-state index contributed by atoms with van der Waals surface area (Å²) in [5, 5.41) is 0. The number of carbonyl (C=O) groups excluding carboxylic acids is 1. The first kappa shape index (κ1) is 11.5. The predicted octanol–water partition coefficient (Wildman–Crippen LogP) is 2.31. The van der Waals surface area contributed by atoms with Gasteiger partial charge in [0.1, 0.15) is 8.07 Å². The van der Waals surface area contributed by atoms with Gasteiger partial charge in [0, 0.05) is 16.8 Å². The fourth-order valence-electron chi connectivity index (χ4n) is 1.01. The van der Waals surface area contributed by atoms with E-state index in [4.69, 9.17) is 5.73 Å². The lowest BCUT2D eigenvalue weighted by molar-refractivity contribution is 0.112. The van der Waals surface area contributed by atoms with Gasteiger partial charge in [0.05, 0.1) is 0 Å². The maximum absolute atomic E-state index is 10.7. The quantitative estimate of drug-likeness (QED) is 0.339. The largest absolute Gasteiger partial charge is 0.398 e. The van der Waals surface area contributed by atoms with Crippen LogP contribution < -0.4 is 5.73 Å². The highest BCUT2D eigenvalue weighted by Crippen LogP contribution is 2.11. The van der Waals surface area contributed by atoms with Gasteiger partial charge in [-0.2, -0.15) is 0 Å². The van der Waals surface area contributed by atoms with E-state index in [2.05, 4.69) is 31.1 Å². The van der Waals surface area contributed by atoms with Crippen LogP contribution in [0.15, 0.2) is 18.2 Å². The Hall–Kier alpha value is -1.53. The third-order valence-electron chi connectivity index (χ3n) is 1.80. The van der Waals surface area contributed by atoms with Gasteiger partial charge in [0.15, 0.2) is 6.29 Å². The van der Waals surface area contributed by atoms with Crippen LogP contribution in [0.3, 0.4) is 0 Å². The van der Waals surface area contributed by atoms with Crippen molar-refractivity contribution < 1.29 is 4.79 Å². The van der Waals surface area contributed by atoms with Gasteiger partial charge in [-0.15, -0.1) is 5.54 Å². The molecule has 0 aliphatic carbocycles. The van der Waals surface area contributed by atoms with Gasteiger partial charge in [-0.25, -0.2) is 0 Å². The minimum atomic E-state index is -1.36. The smallest absolute Gasteiger partial charge is 0.152 e. The SMILES string of the molecule is C[Si](C)(C)C#Cc1ccc(N)c(C=O)c1. The molecule has 0 aliphatic heterocycles. The molecule has 0 heterocycles. The Labute approximate surface area is 91.5 Å². The highest BCUT2D eigenvalue weighted by molar-refractivity contribution is 6.83. The van der Waals surface area contributed by atoms with Gasteiger partial charge in [0.25, 0.3) is 0 Å². The summed E-state index contributed by atoms with van der Waals surface area (Å²) in [5.41, 5.74) is 10.7. The summed E-state index contributed by atoms with van der Waals surface area (Å²) < 4.78 is 0. The first-order chi connectivity index (χ1) is 6.92. The number of hydrogen-bond acceptors (Lipinski definition) is 2. The van der Waals surface area contributed by atoms with Crippen LogP contribution in [0, 0.1) is 11.5 Å². The van der Waals surface area contributed by atoms with Crippen LogP contribution in [0.5, 0.6) is 0 Å². The molecule has 0 saturated carbocycles. The molecule has 0 bridgehead atoms. The molecule has 1 aromatic rings. The summed E-state index contributed by atoms with van der Waals surface area (Å²) in [4.78, 5) is 10.7. The first-order valence-corrected chi connectivity index (χ1v) is 8.30. The van der Waals surface area contributed by atoms with Crippen LogP contribution in [0.25, 0.3) is 0 Å². The van der Waals surface area contributed by atoms with Gasteiger partial charge < -0.3 is 5.73 Å². The van der Waals surface area contributed by atoms with Crippen LogP contribution in [-0.2, 0) is 0 Å². The second-order valence-corrected chi connectivity index (χ2v) is 9.21. The van der Waals surface area contributed by atoms with Crippen LogP contribution >= 0.6 is 0 Å². The normalized spacial score (nSPS) is 10.3. The van der Waals surface area contributed by atoms with Crippen molar-refractivity contribution in [2.24, 2.45) is 0 Å². The third-order valence-corrected chi connectivity index (χ3v) is 2.67. The van der Waals surface area contributed by atoms with Crippen molar-refractivity contribution in [2.75, 3.05) is 5.73 Å². The molecule has 0 amide bonds. The molecule has 0 unspecified atom stereocenters. The molecule has 1 rings (SSSR count). The Morgan fingerprint density at radius 3 is 2.53 bits per heavy atom. The van der Waals surface area contributed by atoms with E-state index >= 15 is 0 Å². The Morgan fingerprint density at radius 2 is 2.00 bits per heavy atom. The summed E-state index contributed by atoms with van der Waals surface area (Å²) in [6.07, 6.45) is 0.759. The zero-order chi connectivity index (χ0) is 11.5. The van der Waals surface area contributed by atoms with E-state index in [9.17, 15) is 4.79 Å². The van der Waals surface area contributed by atoms with Crippen molar-refractivity contribution in [1.82, 2.24) is 0 Å². The number of rotatable bonds is 1. The second kappa shape index (κ2) is 4.33. The number of benzene rings is 1. The minimum Gasteiger partial charge on any atom is -0.398 e. The van der Waals surface area contributed by atoms with Crippen molar-refractivity contribution in [2.45, 2.75) is 19.6 Å². The lowest BCUT2D eigenvalue weighted by Crippen LogP contribution is -2.16. The summed E-state index contributed by atoms with van der Waals surface area (Å²) in [6, 6.07) is 5.29. The molecule has 3 heteroatoms. The van der Waals surface area contributed by atoms with Crippen LogP contribution in [0.1, 0.15) is 15.9 Å². The Bertz CT molecular complexity index is 435. The highest BCUT2D eigenvalue weighted by atomic mass is 28.3. The number of carbonyl (C=O) groups is 1. The minimum absolute atomic E-state index is 0.503. The number of nitrogen functional groups attached to an aromatic ring is 1. The van der Waals surface area contributed by atoms with Gasteiger partial charge in [-0.1, -0.05) is 25.6 Å². The summed E-state index contributed by atoms with van der Waals surface area (Å²) in [7, 11) is -1.36. The molecule has 0 saturated heterocycles. The molecular formula is C12H15NOSi. The van der Waals surface area contributed by atoms with Crippen molar-refractivity contribution >= 4 is 20.0 Å². The van der Waals surface area contributed by atoms with Gasteiger partial charge >= 0.3 is 0 Å². The molecular weight excluding hydrogens is 202 g/mol. The standard InChI is InChI=1S/C12H15NOSi/c1-15(2,3)7-6-10-4-5-12(13)11(8-10)9-14/h4-5,8-9H,13H2,1-3H3. The van der Waals surface area contributed by atoms with Crippen LogP contribution in [0.4, 0.5) is 5.69 Å². The Morgan fingerprint density at radius 1 is 1.33 bits per heavy atom. The van der Waals surface area contributed by atoms with E-state index in [1.54, 1.807) is 12.1 Å². The fourth-order valence-corrected chi connectivity index (χ4v) is 1.53. The van der Waals surface area contributed by atoms with Gasteiger partial charge in [0.2, 0.25) is 0 Å². The maximum Gasteiger partial charge on any atom is 0.152 e. The lowest BCUT2D eigenvalue weighted by atomic mass is 10.1. The predicted molar refractivity (Wildman–Crippen MR) is 66.5 cm³/mol. The molecule has 2 nitrogen and oxygen atoms in total. The molecule has 0 aromatic heterocycles. The van der Waals surface area contributed by atoms with Crippen molar-refractivity contribution in [3.05, 3.63) is 29.3 Å². The lowest BCUT2D eigenvalue weighted by Gasteiger charge is -2.03. The van der Waals surface area contributed by atoms with Crippen molar-refractivity contribution in [1.29, 1.82) is 0 Å². The van der Waals surface area contributed by atoms with Crippen molar-refractivity contribution in [3.63, 3.8) is 0 Å². The zero-order valence-electron chi connectivity index (χ0n) is 9.29. The van der Waals surface area contributed by atoms with Crippen LogP contribution in [-0.4, -0.2) is 14.4 Å².